The van der Waals surface area contributed by atoms with Crippen LogP contribution in [0.1, 0.15) is 19.4 Å². The Balaban J connectivity index is 2.31. The molecule has 4 nitrogen and oxygen atoms in total. The van der Waals surface area contributed by atoms with Crippen molar-refractivity contribution in [2.75, 3.05) is 18.8 Å². The van der Waals surface area contributed by atoms with Gasteiger partial charge in [0.25, 0.3) is 0 Å². The van der Waals surface area contributed by atoms with Crippen LogP contribution in [0.25, 0.3) is 0 Å². The van der Waals surface area contributed by atoms with Crippen LogP contribution in [-0.4, -0.2) is 36.3 Å². The van der Waals surface area contributed by atoms with Crippen LogP contribution < -0.4 is 5.73 Å². The van der Waals surface area contributed by atoms with Crippen molar-refractivity contribution < 1.29 is 8.42 Å². The van der Waals surface area contributed by atoms with Crippen LogP contribution in [0.15, 0.2) is 29.2 Å². The number of benzene rings is 1. The van der Waals surface area contributed by atoms with Gasteiger partial charge in [-0.2, -0.15) is 16.1 Å². The van der Waals surface area contributed by atoms with Crippen LogP contribution in [0.2, 0.25) is 0 Å². The third-order valence-electron chi connectivity index (χ3n) is 3.16. The molecule has 1 aliphatic heterocycles. The highest BCUT2D eigenvalue weighted by molar-refractivity contribution is 8.00. The molecular formula is C13H20N2O2S2. The molecule has 19 heavy (non-hydrogen) atoms. The summed E-state index contributed by atoms with van der Waals surface area (Å²) in [7, 11) is -3.40. The van der Waals surface area contributed by atoms with Gasteiger partial charge in [-0.1, -0.05) is 12.1 Å². The molecule has 2 N–H and O–H groups in total. The summed E-state index contributed by atoms with van der Waals surface area (Å²) in [6.07, 6.45) is 0. The first kappa shape index (κ1) is 14.8. The minimum Gasteiger partial charge on any atom is -0.326 e. The number of sulfonamides is 1. The summed E-state index contributed by atoms with van der Waals surface area (Å²) >= 11 is 1.82. The number of hydrogen-bond acceptors (Lipinski definition) is 4. The molecule has 0 atom stereocenters. The van der Waals surface area contributed by atoms with Crippen molar-refractivity contribution in [2.45, 2.75) is 30.0 Å². The second kappa shape index (κ2) is 5.44. The van der Waals surface area contributed by atoms with Crippen LogP contribution in [0.5, 0.6) is 0 Å². The third kappa shape index (κ3) is 3.31. The fraction of sp³-hybridized carbons (Fsp3) is 0.538. The van der Waals surface area contributed by atoms with Gasteiger partial charge in [-0.15, -0.1) is 0 Å². The zero-order valence-corrected chi connectivity index (χ0v) is 12.9. The highest BCUT2D eigenvalue weighted by atomic mass is 32.2. The number of rotatable bonds is 3. The Morgan fingerprint density at radius 1 is 1.42 bits per heavy atom. The Labute approximate surface area is 119 Å². The van der Waals surface area contributed by atoms with Crippen LogP contribution in [0, 0.1) is 0 Å². The van der Waals surface area contributed by atoms with E-state index < -0.39 is 10.0 Å². The topological polar surface area (TPSA) is 63.4 Å². The van der Waals surface area contributed by atoms with Crippen molar-refractivity contribution in [3.63, 3.8) is 0 Å². The summed E-state index contributed by atoms with van der Waals surface area (Å²) < 4.78 is 26.8. The third-order valence-corrected chi connectivity index (χ3v) is 6.30. The summed E-state index contributed by atoms with van der Waals surface area (Å²) in [4.78, 5) is 0.346. The predicted octanol–water partition coefficient (Wildman–Crippen LogP) is 1.66. The first-order valence-electron chi connectivity index (χ1n) is 6.28. The van der Waals surface area contributed by atoms with Crippen molar-refractivity contribution in [2.24, 2.45) is 5.73 Å². The largest absolute Gasteiger partial charge is 0.326 e. The Bertz CT molecular complexity index is 556. The van der Waals surface area contributed by atoms with Gasteiger partial charge in [-0.25, -0.2) is 8.42 Å². The first-order chi connectivity index (χ1) is 8.85. The summed E-state index contributed by atoms with van der Waals surface area (Å²) in [5.74, 6) is 0.836. The number of nitrogens with two attached hydrogens (primary N) is 1. The molecule has 1 heterocycles. The molecule has 6 heteroatoms. The summed E-state index contributed by atoms with van der Waals surface area (Å²) in [6, 6.07) is 6.90. The van der Waals surface area contributed by atoms with Gasteiger partial charge in [0.1, 0.15) is 0 Å². The van der Waals surface area contributed by atoms with E-state index in [9.17, 15) is 8.42 Å². The highest BCUT2D eigenvalue weighted by Gasteiger charge is 2.34. The predicted molar refractivity (Wildman–Crippen MR) is 79.6 cm³/mol. The molecule has 2 rings (SSSR count). The van der Waals surface area contributed by atoms with Gasteiger partial charge in [-0.05, 0) is 31.5 Å². The lowest BCUT2D eigenvalue weighted by Gasteiger charge is -2.36. The molecule has 1 fully saturated rings. The molecule has 1 aromatic carbocycles. The van der Waals surface area contributed by atoms with Gasteiger partial charge in [0.15, 0.2) is 0 Å². The second-order valence-electron chi connectivity index (χ2n) is 5.30. The number of hydrogen-bond donors (Lipinski definition) is 1. The van der Waals surface area contributed by atoms with E-state index in [1.807, 2.05) is 17.8 Å². The smallest absolute Gasteiger partial charge is 0.243 e. The van der Waals surface area contributed by atoms with Gasteiger partial charge >= 0.3 is 0 Å². The van der Waals surface area contributed by atoms with E-state index in [0.29, 0.717) is 24.5 Å². The standard InChI is InChI=1S/C13H20N2O2S2/c1-13(2)10-15(6-7-18-13)19(16,17)12-5-3-4-11(8-12)9-14/h3-5,8H,6-7,9-10,14H2,1-2H3. The SMILES string of the molecule is CC1(C)CN(S(=O)(=O)c2cccc(CN)c2)CCS1. The summed E-state index contributed by atoms with van der Waals surface area (Å²) in [6.45, 7) is 5.63. The summed E-state index contributed by atoms with van der Waals surface area (Å²) in [5.41, 5.74) is 6.41. The van der Waals surface area contributed by atoms with Crippen molar-refractivity contribution >= 4 is 21.8 Å². The van der Waals surface area contributed by atoms with E-state index in [1.54, 1.807) is 22.5 Å². The Kier molecular flexibility index (Phi) is 4.25. The zero-order chi connectivity index (χ0) is 14.1. The van der Waals surface area contributed by atoms with Crippen LogP contribution in [0.4, 0.5) is 0 Å². The minimum atomic E-state index is -3.40. The van der Waals surface area contributed by atoms with E-state index in [-0.39, 0.29) is 4.75 Å². The van der Waals surface area contributed by atoms with E-state index in [1.165, 1.54) is 0 Å². The molecule has 1 aromatic rings. The Hall–Kier alpha value is -0.560. The minimum absolute atomic E-state index is 0.0310. The van der Waals surface area contributed by atoms with Gasteiger partial charge in [0.05, 0.1) is 4.90 Å². The van der Waals surface area contributed by atoms with Crippen molar-refractivity contribution in [1.82, 2.24) is 4.31 Å². The lowest BCUT2D eigenvalue weighted by Crippen LogP contribution is -2.46. The molecule has 0 bridgehead atoms. The molecule has 0 spiro atoms. The van der Waals surface area contributed by atoms with Crippen LogP contribution in [0.3, 0.4) is 0 Å². The maximum absolute atomic E-state index is 12.6. The lowest BCUT2D eigenvalue weighted by molar-refractivity contribution is 0.387. The average molecular weight is 300 g/mol. The molecule has 0 radical (unpaired) electrons. The number of thioether (sulfide) groups is 1. The molecule has 1 aliphatic rings. The molecule has 0 aliphatic carbocycles. The highest BCUT2D eigenvalue weighted by Crippen LogP contribution is 2.32. The molecular weight excluding hydrogens is 280 g/mol. The van der Waals surface area contributed by atoms with Crippen molar-refractivity contribution in [3.8, 4) is 0 Å². The normalized spacial score (nSPS) is 20.4. The molecule has 0 amide bonds. The van der Waals surface area contributed by atoms with E-state index >= 15 is 0 Å². The van der Waals surface area contributed by atoms with E-state index in [2.05, 4.69) is 13.8 Å². The van der Waals surface area contributed by atoms with Crippen LogP contribution >= 0.6 is 11.8 Å². The molecule has 106 valence electrons. The Morgan fingerprint density at radius 3 is 2.79 bits per heavy atom. The van der Waals surface area contributed by atoms with Gasteiger partial charge in [0.2, 0.25) is 10.0 Å². The lowest BCUT2D eigenvalue weighted by atomic mass is 10.2. The van der Waals surface area contributed by atoms with Gasteiger partial charge in [0, 0.05) is 30.1 Å². The van der Waals surface area contributed by atoms with Crippen molar-refractivity contribution in [3.05, 3.63) is 29.8 Å². The fourth-order valence-corrected chi connectivity index (χ4v) is 5.14. The van der Waals surface area contributed by atoms with E-state index in [0.717, 1.165) is 11.3 Å². The van der Waals surface area contributed by atoms with E-state index in [4.69, 9.17) is 5.73 Å². The summed E-state index contributed by atoms with van der Waals surface area (Å²) in [5, 5.41) is 0. The maximum atomic E-state index is 12.6. The first-order valence-corrected chi connectivity index (χ1v) is 8.71. The zero-order valence-electron chi connectivity index (χ0n) is 11.3. The molecule has 1 saturated heterocycles. The van der Waals surface area contributed by atoms with Gasteiger partial charge in [-0.3, -0.25) is 0 Å². The second-order valence-corrected chi connectivity index (χ2v) is 9.04. The average Bonchev–Trinajstić information content (AvgIpc) is 2.37. The monoisotopic (exact) mass is 300 g/mol. The quantitative estimate of drug-likeness (QED) is 0.922. The van der Waals surface area contributed by atoms with Crippen molar-refractivity contribution in [1.29, 1.82) is 0 Å². The van der Waals surface area contributed by atoms with Crippen LogP contribution in [-0.2, 0) is 16.6 Å². The molecule has 0 saturated carbocycles. The Morgan fingerprint density at radius 2 is 2.16 bits per heavy atom. The fourth-order valence-electron chi connectivity index (χ4n) is 2.16. The number of nitrogens with zero attached hydrogens (tertiary/aromatic N) is 1. The molecule has 0 aromatic heterocycles. The maximum Gasteiger partial charge on any atom is 0.243 e. The molecule has 0 unspecified atom stereocenters. The van der Waals surface area contributed by atoms with Gasteiger partial charge < -0.3 is 5.73 Å².